The Balaban J connectivity index is 1.38. The molecule has 3 aliphatic heterocycles. The second kappa shape index (κ2) is 15.6. The van der Waals surface area contributed by atoms with Gasteiger partial charge in [-0.05, 0) is 105 Å². The van der Waals surface area contributed by atoms with E-state index < -0.39 is 38.8 Å². The highest BCUT2D eigenvalue weighted by molar-refractivity contribution is 7.90. The maximum atomic E-state index is 13.6. The van der Waals surface area contributed by atoms with Gasteiger partial charge in [0.25, 0.3) is 5.91 Å². The number of nitrogens with one attached hydrogen (secondary N) is 2. The number of nitrogens with zero attached hydrogens (tertiary/aromatic N) is 1. The van der Waals surface area contributed by atoms with E-state index in [1.807, 2.05) is 37.3 Å². The zero-order chi connectivity index (χ0) is 36.3. The van der Waals surface area contributed by atoms with Gasteiger partial charge in [0.05, 0.1) is 29.6 Å². The minimum absolute atomic E-state index is 0.00605. The lowest BCUT2D eigenvalue weighted by Crippen LogP contribution is -2.53. The third-order valence-corrected chi connectivity index (χ3v) is 13.4. The zero-order valence-corrected chi connectivity index (χ0v) is 31.1. The van der Waals surface area contributed by atoms with Crippen LogP contribution in [0.1, 0.15) is 80.3 Å². The van der Waals surface area contributed by atoms with Gasteiger partial charge in [0, 0.05) is 37.2 Å². The van der Waals surface area contributed by atoms with Crippen LogP contribution in [0.15, 0.2) is 48.6 Å². The second-order valence-electron chi connectivity index (χ2n) is 14.4. The summed E-state index contributed by atoms with van der Waals surface area (Å²) in [7, 11) is -2.44. The fraction of sp³-hybridized carbons (Fsp3) is 0.553. The lowest BCUT2D eigenvalue weighted by atomic mass is 9.63. The first-order valence-electron chi connectivity index (χ1n) is 17.9. The zero-order valence-electron chi connectivity index (χ0n) is 29.5. The van der Waals surface area contributed by atoms with Gasteiger partial charge >= 0.3 is 5.97 Å². The summed E-state index contributed by atoms with van der Waals surface area (Å²) in [6.45, 7) is 5.25. The Hall–Kier alpha value is -3.61. The van der Waals surface area contributed by atoms with Gasteiger partial charge in [-0.15, -0.1) is 0 Å². The predicted molar refractivity (Wildman–Crippen MR) is 194 cm³/mol. The summed E-state index contributed by atoms with van der Waals surface area (Å²) >= 11 is 6.36. The van der Waals surface area contributed by atoms with E-state index in [9.17, 15) is 22.8 Å². The molecule has 13 heteroatoms. The lowest BCUT2D eigenvalue weighted by Gasteiger charge is -2.49. The van der Waals surface area contributed by atoms with Crippen LogP contribution in [0, 0.1) is 17.8 Å². The summed E-state index contributed by atoms with van der Waals surface area (Å²) in [4.78, 5) is 41.5. The van der Waals surface area contributed by atoms with Gasteiger partial charge in [-0.2, -0.15) is 0 Å². The molecule has 1 saturated heterocycles. The van der Waals surface area contributed by atoms with E-state index in [1.165, 1.54) is 0 Å². The Morgan fingerprint density at radius 1 is 1.08 bits per heavy atom. The number of ether oxygens (including phenoxy) is 3. The number of aryl methyl sites for hydroxylation is 1. The number of halogens is 1. The van der Waals surface area contributed by atoms with Crippen LogP contribution in [0.4, 0.5) is 5.69 Å². The minimum Gasteiger partial charge on any atom is -0.487 e. The molecule has 1 saturated carbocycles. The lowest BCUT2D eigenvalue weighted by molar-refractivity contribution is -0.143. The summed E-state index contributed by atoms with van der Waals surface area (Å²) in [5.41, 5.74) is 2.09. The number of amides is 2. The Morgan fingerprint density at radius 2 is 1.90 bits per heavy atom. The predicted octanol–water partition coefficient (Wildman–Crippen LogP) is 5.34. The topological polar surface area (TPSA) is 140 Å². The molecule has 6 atom stereocenters. The standard InChI is InChI=1S/C38H48ClN3O8S/c1-24-7-6-16-38(48-3,21-35(43)40-32-15-18-49-37(32)45)31-13-10-28(31)22-42-17-5-4-8-26-19-30(39)12-9-29(26)23-50-34-14-11-27(20-33(34)42)36(44)41-51(46,47)25(24)2/h6,9,11-12,14,16,19-20,24-25,28,31-32H,4-5,7-8,10,13,15,17-18,21-23H2,1-3H3,(H,40,43)(H,41,44)/b16-6+/t24-,25+,28-,31+,32+,38+/m0/s1. The highest BCUT2D eigenvalue weighted by Crippen LogP contribution is 2.47. The molecule has 2 fully saturated rings. The number of carbonyl (C=O) groups excluding carboxylic acids is 3. The Bertz CT molecular complexity index is 1780. The summed E-state index contributed by atoms with van der Waals surface area (Å²) in [6.07, 6.45) is 8.91. The molecule has 6 rings (SSSR count). The quantitative estimate of drug-likeness (QED) is 0.314. The van der Waals surface area contributed by atoms with Gasteiger partial charge in [-0.1, -0.05) is 36.7 Å². The molecule has 0 aromatic heterocycles. The molecule has 4 aliphatic rings. The molecule has 0 unspecified atom stereocenters. The molecule has 2 bridgehead atoms. The number of anilines is 1. The fourth-order valence-electron chi connectivity index (χ4n) is 7.78. The van der Waals surface area contributed by atoms with Crippen molar-refractivity contribution >= 4 is 45.1 Å². The van der Waals surface area contributed by atoms with Crippen LogP contribution in [-0.4, -0.2) is 69.9 Å². The monoisotopic (exact) mass is 741 g/mol. The van der Waals surface area contributed by atoms with E-state index in [4.69, 9.17) is 25.8 Å². The van der Waals surface area contributed by atoms with E-state index in [2.05, 4.69) is 14.9 Å². The average Bonchev–Trinajstić information content (AvgIpc) is 3.47. The normalized spacial score (nSPS) is 30.2. The van der Waals surface area contributed by atoms with Crippen LogP contribution in [-0.2, 0) is 42.1 Å². The van der Waals surface area contributed by atoms with Crippen LogP contribution in [0.5, 0.6) is 5.75 Å². The van der Waals surface area contributed by atoms with Crippen molar-refractivity contribution in [1.29, 1.82) is 0 Å². The number of sulfonamides is 1. The summed E-state index contributed by atoms with van der Waals surface area (Å²) in [5, 5.41) is 2.63. The van der Waals surface area contributed by atoms with Crippen molar-refractivity contribution < 1.29 is 37.0 Å². The van der Waals surface area contributed by atoms with E-state index in [0.717, 1.165) is 43.2 Å². The summed E-state index contributed by atoms with van der Waals surface area (Å²) in [6, 6.07) is 10.2. The van der Waals surface area contributed by atoms with Gasteiger partial charge < -0.3 is 24.4 Å². The SMILES string of the molecule is CO[C@@]1(CC(=O)N[C@@H]2CCOC2=O)/C=C/C[C@H](C)[C@@H](C)S(=O)(=O)NC(=O)c2ccc3c(c2)N(CCCCc2cc(Cl)ccc2CO3)C[C@@H]2CC[C@H]21. The molecule has 11 nitrogen and oxygen atoms in total. The smallest absolute Gasteiger partial charge is 0.328 e. The van der Waals surface area contributed by atoms with Crippen molar-refractivity contribution in [3.63, 3.8) is 0 Å². The number of fused-ring (bicyclic) bond motifs is 3. The minimum atomic E-state index is -4.04. The van der Waals surface area contributed by atoms with Crippen molar-refractivity contribution in [2.75, 3.05) is 31.7 Å². The molecular weight excluding hydrogens is 694 g/mol. The van der Waals surface area contributed by atoms with Crippen LogP contribution in [0.3, 0.4) is 0 Å². The van der Waals surface area contributed by atoms with Crippen LogP contribution < -0.4 is 19.7 Å². The maximum absolute atomic E-state index is 13.6. The number of hydrogen-bond donors (Lipinski definition) is 2. The first-order chi connectivity index (χ1) is 24.4. The number of benzene rings is 2. The van der Waals surface area contributed by atoms with Gasteiger partial charge in [-0.3, -0.25) is 9.59 Å². The number of esters is 1. The van der Waals surface area contributed by atoms with Gasteiger partial charge in [0.1, 0.15) is 18.4 Å². The van der Waals surface area contributed by atoms with Gasteiger partial charge in [-0.25, -0.2) is 17.9 Å². The molecule has 2 aromatic rings. The van der Waals surface area contributed by atoms with Crippen molar-refractivity contribution in [1.82, 2.24) is 10.0 Å². The Labute approximate surface area is 305 Å². The molecule has 276 valence electrons. The first kappa shape index (κ1) is 37.2. The molecular formula is C38H48ClN3O8S. The molecule has 0 radical (unpaired) electrons. The molecule has 2 aromatic carbocycles. The number of hydrogen-bond acceptors (Lipinski definition) is 9. The number of rotatable bonds is 4. The number of allylic oxidation sites excluding steroid dienone is 1. The highest BCUT2D eigenvalue weighted by Gasteiger charge is 2.49. The Kier molecular flexibility index (Phi) is 11.3. The average molecular weight is 742 g/mol. The fourth-order valence-corrected chi connectivity index (χ4v) is 9.26. The number of methoxy groups -OCH3 is 1. The van der Waals surface area contributed by atoms with E-state index in [1.54, 1.807) is 32.2 Å². The summed E-state index contributed by atoms with van der Waals surface area (Å²) < 4.78 is 47.1. The molecule has 51 heavy (non-hydrogen) atoms. The molecule has 2 amide bonds. The highest BCUT2D eigenvalue weighted by atomic mass is 35.5. The van der Waals surface area contributed by atoms with Crippen molar-refractivity contribution in [3.8, 4) is 5.75 Å². The third kappa shape index (κ3) is 8.23. The number of cyclic esters (lactones) is 1. The maximum Gasteiger partial charge on any atom is 0.328 e. The molecule has 2 N–H and O–H groups in total. The largest absolute Gasteiger partial charge is 0.487 e. The number of carbonyl (C=O) groups is 3. The van der Waals surface area contributed by atoms with Crippen molar-refractivity contribution in [3.05, 3.63) is 70.3 Å². The van der Waals surface area contributed by atoms with E-state index in [0.29, 0.717) is 49.0 Å². The van der Waals surface area contributed by atoms with Gasteiger partial charge in [0.15, 0.2) is 0 Å². The third-order valence-electron chi connectivity index (χ3n) is 11.3. The van der Waals surface area contributed by atoms with Crippen LogP contribution in [0.2, 0.25) is 5.02 Å². The van der Waals surface area contributed by atoms with Crippen molar-refractivity contribution in [2.45, 2.75) is 88.7 Å². The van der Waals surface area contributed by atoms with Crippen LogP contribution in [0.25, 0.3) is 0 Å². The van der Waals surface area contributed by atoms with Crippen LogP contribution >= 0.6 is 11.6 Å². The first-order valence-corrected chi connectivity index (χ1v) is 19.9. The van der Waals surface area contributed by atoms with E-state index in [-0.39, 0.29) is 42.3 Å². The molecule has 1 aliphatic carbocycles. The second-order valence-corrected chi connectivity index (χ2v) is 16.9. The van der Waals surface area contributed by atoms with Gasteiger partial charge in [0.2, 0.25) is 15.9 Å². The van der Waals surface area contributed by atoms with E-state index >= 15 is 0 Å². The molecule has 0 spiro atoms. The molecule has 3 heterocycles. The Morgan fingerprint density at radius 3 is 2.63 bits per heavy atom. The summed E-state index contributed by atoms with van der Waals surface area (Å²) in [5.74, 6) is -1.15. The van der Waals surface area contributed by atoms with Crippen molar-refractivity contribution in [2.24, 2.45) is 17.8 Å².